The molecule has 0 bridgehead atoms. The number of nitrogens with zero attached hydrogens (tertiary/aromatic N) is 3. The maximum absolute atomic E-state index is 12.5. The van der Waals surface area contributed by atoms with Crippen molar-refractivity contribution in [3.63, 3.8) is 0 Å². The third kappa shape index (κ3) is 3.73. The van der Waals surface area contributed by atoms with Crippen molar-refractivity contribution in [3.8, 4) is 10.6 Å². The number of aromatic nitrogens is 2. The van der Waals surface area contributed by atoms with Crippen LogP contribution in [0.2, 0.25) is 0 Å². The summed E-state index contributed by atoms with van der Waals surface area (Å²) in [6, 6.07) is 15.9. The lowest BCUT2D eigenvalue weighted by Crippen LogP contribution is -2.21. The summed E-state index contributed by atoms with van der Waals surface area (Å²) < 4.78 is 0. The lowest BCUT2D eigenvalue weighted by Gasteiger charge is -2.07. The standard InChI is InChI=1S/C20H18N4O2S/c1-12-8-9-15(13(2)10-12)19-22-23-20(27-19)21-18(25)16-11-17(26-24-16)14-6-4-3-5-7-14/h3-10,17H,11H2,1-2H3,(H,21,23,25). The molecule has 1 unspecified atom stereocenters. The van der Waals surface area contributed by atoms with E-state index in [1.54, 1.807) is 0 Å². The summed E-state index contributed by atoms with van der Waals surface area (Å²) >= 11 is 1.34. The fourth-order valence-electron chi connectivity index (χ4n) is 2.96. The normalized spacial score (nSPS) is 15.9. The number of oxime groups is 1. The number of benzene rings is 2. The Morgan fingerprint density at radius 1 is 1.15 bits per heavy atom. The molecule has 1 amide bonds. The van der Waals surface area contributed by atoms with Gasteiger partial charge >= 0.3 is 0 Å². The van der Waals surface area contributed by atoms with Crippen LogP contribution in [0.5, 0.6) is 0 Å². The zero-order valence-corrected chi connectivity index (χ0v) is 15.8. The van der Waals surface area contributed by atoms with Crippen LogP contribution >= 0.6 is 11.3 Å². The van der Waals surface area contributed by atoms with Gasteiger partial charge in [0, 0.05) is 12.0 Å². The van der Waals surface area contributed by atoms with Gasteiger partial charge in [0.2, 0.25) is 5.13 Å². The summed E-state index contributed by atoms with van der Waals surface area (Å²) in [5.74, 6) is -0.309. The summed E-state index contributed by atoms with van der Waals surface area (Å²) in [5, 5.41) is 16.2. The number of carbonyl (C=O) groups excluding carboxylic acids is 1. The van der Waals surface area contributed by atoms with Gasteiger partial charge in [-0.05, 0) is 25.0 Å². The van der Waals surface area contributed by atoms with E-state index in [9.17, 15) is 4.79 Å². The average Bonchev–Trinajstić information content (AvgIpc) is 3.32. The van der Waals surface area contributed by atoms with Crippen molar-refractivity contribution in [1.29, 1.82) is 0 Å². The van der Waals surface area contributed by atoms with Crippen LogP contribution in [0.25, 0.3) is 10.6 Å². The molecule has 6 nitrogen and oxygen atoms in total. The Morgan fingerprint density at radius 3 is 2.74 bits per heavy atom. The van der Waals surface area contributed by atoms with Gasteiger partial charge in [0.1, 0.15) is 10.7 Å². The Kier molecular flexibility index (Phi) is 4.68. The minimum absolute atomic E-state index is 0.230. The summed E-state index contributed by atoms with van der Waals surface area (Å²) in [4.78, 5) is 17.9. The topological polar surface area (TPSA) is 76.5 Å². The van der Waals surface area contributed by atoms with Crippen molar-refractivity contribution in [2.75, 3.05) is 5.32 Å². The summed E-state index contributed by atoms with van der Waals surface area (Å²) in [5.41, 5.74) is 4.69. The van der Waals surface area contributed by atoms with Crippen LogP contribution in [0, 0.1) is 13.8 Å². The lowest BCUT2D eigenvalue weighted by molar-refractivity contribution is -0.110. The van der Waals surface area contributed by atoms with Gasteiger partial charge in [-0.25, -0.2) is 0 Å². The molecular formula is C20H18N4O2S. The van der Waals surface area contributed by atoms with Crippen LogP contribution in [0.1, 0.15) is 29.2 Å². The molecule has 3 aromatic rings. The Hall–Kier alpha value is -3.06. The largest absolute Gasteiger partial charge is 0.387 e. The number of hydrogen-bond donors (Lipinski definition) is 1. The number of carbonyl (C=O) groups is 1. The molecular weight excluding hydrogens is 360 g/mol. The fraction of sp³-hybridized carbons (Fsp3) is 0.200. The second kappa shape index (κ2) is 7.28. The maximum Gasteiger partial charge on any atom is 0.275 e. The molecule has 7 heteroatoms. The van der Waals surface area contributed by atoms with E-state index < -0.39 is 0 Å². The van der Waals surface area contributed by atoms with Gasteiger partial charge in [-0.2, -0.15) is 0 Å². The van der Waals surface area contributed by atoms with Gasteiger partial charge in [0.15, 0.2) is 6.10 Å². The number of hydrogen-bond acceptors (Lipinski definition) is 6. The van der Waals surface area contributed by atoms with E-state index in [-0.39, 0.29) is 12.0 Å². The molecule has 1 aliphatic rings. The number of nitrogens with one attached hydrogen (secondary N) is 1. The van der Waals surface area contributed by atoms with E-state index in [0.29, 0.717) is 17.3 Å². The number of amides is 1. The predicted molar refractivity (Wildman–Crippen MR) is 106 cm³/mol. The molecule has 0 aliphatic carbocycles. The highest BCUT2D eigenvalue weighted by Gasteiger charge is 2.28. The quantitative estimate of drug-likeness (QED) is 0.735. The Morgan fingerprint density at radius 2 is 1.96 bits per heavy atom. The minimum atomic E-state index is -0.309. The van der Waals surface area contributed by atoms with E-state index >= 15 is 0 Å². The molecule has 136 valence electrons. The van der Waals surface area contributed by atoms with E-state index in [0.717, 1.165) is 21.7 Å². The lowest BCUT2D eigenvalue weighted by atomic mass is 10.0. The smallest absolute Gasteiger partial charge is 0.275 e. The molecule has 4 rings (SSSR count). The number of aryl methyl sites for hydroxylation is 2. The molecule has 0 radical (unpaired) electrons. The molecule has 1 N–H and O–H groups in total. The van der Waals surface area contributed by atoms with E-state index in [1.165, 1.54) is 16.9 Å². The third-order valence-electron chi connectivity index (χ3n) is 4.36. The van der Waals surface area contributed by atoms with Crippen LogP contribution in [0.4, 0.5) is 5.13 Å². The first-order valence-electron chi connectivity index (χ1n) is 8.60. The summed E-state index contributed by atoms with van der Waals surface area (Å²) in [6.07, 6.45) is 0.200. The van der Waals surface area contributed by atoms with Crippen LogP contribution in [-0.4, -0.2) is 21.8 Å². The molecule has 1 aromatic heterocycles. The Bertz CT molecular complexity index is 1010. The van der Waals surface area contributed by atoms with Crippen LogP contribution in [0.3, 0.4) is 0 Å². The SMILES string of the molecule is Cc1ccc(-c2nnc(NC(=O)C3=NOC(c4ccccc4)C3)s2)c(C)c1. The first kappa shape index (κ1) is 17.4. The fourth-order valence-corrected chi connectivity index (χ4v) is 3.79. The minimum Gasteiger partial charge on any atom is -0.387 e. The van der Waals surface area contributed by atoms with Crippen molar-refractivity contribution in [1.82, 2.24) is 10.2 Å². The van der Waals surface area contributed by atoms with E-state index in [2.05, 4.69) is 33.7 Å². The highest BCUT2D eigenvalue weighted by Crippen LogP contribution is 2.30. The summed E-state index contributed by atoms with van der Waals surface area (Å²) in [6.45, 7) is 4.09. The first-order chi connectivity index (χ1) is 13.1. The molecule has 2 heterocycles. The highest BCUT2D eigenvalue weighted by atomic mass is 32.1. The number of anilines is 1. The average molecular weight is 378 g/mol. The molecule has 1 atom stereocenters. The Balaban J connectivity index is 1.43. The highest BCUT2D eigenvalue weighted by molar-refractivity contribution is 7.18. The van der Waals surface area contributed by atoms with Crippen molar-refractivity contribution >= 4 is 28.1 Å². The van der Waals surface area contributed by atoms with Crippen LogP contribution in [-0.2, 0) is 9.63 Å². The second-order valence-electron chi connectivity index (χ2n) is 6.43. The zero-order chi connectivity index (χ0) is 18.8. The first-order valence-corrected chi connectivity index (χ1v) is 9.42. The maximum atomic E-state index is 12.5. The molecule has 0 fully saturated rings. The van der Waals surface area contributed by atoms with Crippen molar-refractivity contribution in [2.45, 2.75) is 26.4 Å². The monoisotopic (exact) mass is 378 g/mol. The van der Waals surface area contributed by atoms with Gasteiger partial charge in [0.05, 0.1) is 0 Å². The van der Waals surface area contributed by atoms with E-state index in [4.69, 9.17) is 4.84 Å². The van der Waals surface area contributed by atoms with Crippen molar-refractivity contribution in [3.05, 3.63) is 65.2 Å². The second-order valence-corrected chi connectivity index (χ2v) is 7.41. The zero-order valence-electron chi connectivity index (χ0n) is 15.0. The summed E-state index contributed by atoms with van der Waals surface area (Å²) in [7, 11) is 0. The van der Waals surface area contributed by atoms with Crippen LogP contribution in [0.15, 0.2) is 53.7 Å². The molecule has 0 saturated carbocycles. The van der Waals surface area contributed by atoms with Crippen molar-refractivity contribution < 1.29 is 9.63 Å². The van der Waals surface area contributed by atoms with E-state index in [1.807, 2.05) is 49.4 Å². The third-order valence-corrected chi connectivity index (χ3v) is 5.23. The number of rotatable bonds is 4. The van der Waals surface area contributed by atoms with Gasteiger partial charge in [-0.3, -0.25) is 10.1 Å². The van der Waals surface area contributed by atoms with Gasteiger partial charge in [-0.15, -0.1) is 10.2 Å². The molecule has 27 heavy (non-hydrogen) atoms. The van der Waals surface area contributed by atoms with Crippen molar-refractivity contribution in [2.24, 2.45) is 5.16 Å². The van der Waals surface area contributed by atoms with Gasteiger partial charge in [-0.1, -0.05) is 70.6 Å². The molecule has 1 aliphatic heterocycles. The van der Waals surface area contributed by atoms with Gasteiger partial charge in [0.25, 0.3) is 5.91 Å². The molecule has 0 saturated heterocycles. The van der Waals surface area contributed by atoms with Crippen LogP contribution < -0.4 is 5.32 Å². The van der Waals surface area contributed by atoms with Gasteiger partial charge < -0.3 is 4.84 Å². The molecule has 2 aromatic carbocycles. The molecule has 0 spiro atoms. The Labute approximate surface area is 160 Å². The predicted octanol–water partition coefficient (Wildman–Crippen LogP) is 4.28.